The van der Waals surface area contributed by atoms with E-state index in [4.69, 9.17) is 4.74 Å². The van der Waals surface area contributed by atoms with Gasteiger partial charge in [0.1, 0.15) is 0 Å². The van der Waals surface area contributed by atoms with Crippen LogP contribution in [0.4, 0.5) is 0 Å². The van der Waals surface area contributed by atoms with Crippen molar-refractivity contribution in [2.45, 2.75) is 0 Å². The van der Waals surface area contributed by atoms with Crippen molar-refractivity contribution in [1.82, 2.24) is 15.3 Å². The fourth-order valence-corrected chi connectivity index (χ4v) is 1.52. The molecule has 0 atom stereocenters. The van der Waals surface area contributed by atoms with Gasteiger partial charge in [0, 0.05) is 0 Å². The molecule has 1 heterocycles. The van der Waals surface area contributed by atoms with E-state index in [-0.39, 0.29) is 5.69 Å². The molecule has 94 valence electrons. The molecule has 1 amide bonds. The van der Waals surface area contributed by atoms with E-state index in [1.807, 2.05) is 30.3 Å². The minimum atomic E-state index is -0.455. The molecule has 0 aliphatic heterocycles. The molecular formula is C12H13N3O3. The first-order chi connectivity index (χ1) is 8.76. The summed E-state index contributed by atoms with van der Waals surface area (Å²) in [7, 11) is 2.84. The number of nitrogens with one attached hydrogen (secondary N) is 1. The Kier molecular flexibility index (Phi) is 3.59. The number of hydrogen-bond donors (Lipinski definition) is 1. The van der Waals surface area contributed by atoms with Crippen molar-refractivity contribution >= 4 is 5.91 Å². The summed E-state index contributed by atoms with van der Waals surface area (Å²) in [6, 6.07) is 9.44. The average Bonchev–Trinajstić information content (AvgIpc) is 2.84. The molecule has 0 bridgehead atoms. The van der Waals surface area contributed by atoms with E-state index in [0.717, 1.165) is 5.69 Å². The number of hydrogen-bond acceptors (Lipinski definition) is 4. The molecule has 6 nitrogen and oxygen atoms in total. The Labute approximate surface area is 104 Å². The van der Waals surface area contributed by atoms with Crippen molar-refractivity contribution in [2.24, 2.45) is 0 Å². The van der Waals surface area contributed by atoms with Gasteiger partial charge in [-0.25, -0.2) is 10.2 Å². The number of para-hydroxylation sites is 1. The number of ether oxygens (including phenoxy) is 1. The summed E-state index contributed by atoms with van der Waals surface area (Å²) in [4.78, 5) is 16.2. The van der Waals surface area contributed by atoms with Crippen LogP contribution in [0.15, 0.2) is 36.5 Å². The third-order valence-electron chi connectivity index (χ3n) is 2.33. The number of amides is 1. The number of benzene rings is 1. The zero-order valence-electron chi connectivity index (χ0n) is 10.1. The summed E-state index contributed by atoms with van der Waals surface area (Å²) in [5, 5.41) is 4.17. The molecule has 1 N–H and O–H groups in total. The van der Waals surface area contributed by atoms with E-state index >= 15 is 0 Å². The highest BCUT2D eigenvalue weighted by atomic mass is 16.6. The van der Waals surface area contributed by atoms with Crippen molar-refractivity contribution in [2.75, 3.05) is 14.2 Å². The van der Waals surface area contributed by atoms with Crippen LogP contribution < -0.4 is 10.2 Å². The topological polar surface area (TPSA) is 65.4 Å². The Morgan fingerprint density at radius 3 is 2.61 bits per heavy atom. The van der Waals surface area contributed by atoms with Crippen LogP contribution in [-0.4, -0.2) is 29.9 Å². The summed E-state index contributed by atoms with van der Waals surface area (Å²) < 4.78 is 6.69. The van der Waals surface area contributed by atoms with Crippen LogP contribution in [0.5, 0.6) is 5.75 Å². The van der Waals surface area contributed by atoms with Crippen LogP contribution in [0, 0.1) is 0 Å². The van der Waals surface area contributed by atoms with Crippen molar-refractivity contribution in [3.05, 3.63) is 42.2 Å². The third-order valence-corrected chi connectivity index (χ3v) is 2.33. The minimum absolute atomic E-state index is 0.170. The summed E-state index contributed by atoms with van der Waals surface area (Å²) in [6.45, 7) is 0. The van der Waals surface area contributed by atoms with Crippen LogP contribution in [-0.2, 0) is 4.84 Å². The molecule has 1 aromatic heterocycles. The molecule has 0 radical (unpaired) electrons. The fourth-order valence-electron chi connectivity index (χ4n) is 1.52. The molecule has 0 saturated carbocycles. The standard InChI is InChI=1S/C12H13N3O3/c1-17-10-8-15(9-6-4-3-5-7-9)13-11(10)12(16)14-18-2/h3-8H,1-2H3,(H,14,16). The number of carbonyl (C=O) groups excluding carboxylic acids is 1. The van der Waals surface area contributed by atoms with Gasteiger partial charge in [0.15, 0.2) is 11.4 Å². The van der Waals surface area contributed by atoms with Gasteiger partial charge in [-0.2, -0.15) is 5.10 Å². The highest BCUT2D eigenvalue weighted by molar-refractivity contribution is 5.94. The molecule has 6 heteroatoms. The van der Waals surface area contributed by atoms with Crippen LogP contribution in [0.3, 0.4) is 0 Å². The highest BCUT2D eigenvalue weighted by Gasteiger charge is 2.17. The van der Waals surface area contributed by atoms with Crippen LogP contribution >= 0.6 is 0 Å². The highest BCUT2D eigenvalue weighted by Crippen LogP contribution is 2.19. The maximum atomic E-state index is 11.7. The van der Waals surface area contributed by atoms with Gasteiger partial charge in [0.2, 0.25) is 0 Å². The lowest BCUT2D eigenvalue weighted by molar-refractivity contribution is 0.0529. The maximum absolute atomic E-state index is 11.7. The van der Waals surface area contributed by atoms with E-state index in [1.165, 1.54) is 14.2 Å². The molecule has 2 rings (SSSR count). The molecule has 1 aromatic carbocycles. The predicted molar refractivity (Wildman–Crippen MR) is 64.6 cm³/mol. The molecule has 0 unspecified atom stereocenters. The van der Waals surface area contributed by atoms with Gasteiger partial charge in [0.05, 0.1) is 26.1 Å². The van der Waals surface area contributed by atoms with Gasteiger partial charge < -0.3 is 4.74 Å². The lowest BCUT2D eigenvalue weighted by Crippen LogP contribution is -2.23. The smallest absolute Gasteiger partial charge is 0.299 e. The van der Waals surface area contributed by atoms with Crippen molar-refractivity contribution in [1.29, 1.82) is 0 Å². The second kappa shape index (κ2) is 5.33. The molecular weight excluding hydrogens is 234 g/mol. The normalized spacial score (nSPS) is 10.1. The van der Waals surface area contributed by atoms with Crippen LogP contribution in [0.1, 0.15) is 10.5 Å². The quantitative estimate of drug-likeness (QED) is 0.824. The van der Waals surface area contributed by atoms with Gasteiger partial charge in [-0.1, -0.05) is 18.2 Å². The zero-order valence-corrected chi connectivity index (χ0v) is 10.1. The fraction of sp³-hybridized carbons (Fsp3) is 0.167. The van der Waals surface area contributed by atoms with Crippen molar-refractivity contribution < 1.29 is 14.4 Å². The summed E-state index contributed by atoms with van der Waals surface area (Å²) >= 11 is 0. The summed E-state index contributed by atoms with van der Waals surface area (Å²) in [5.41, 5.74) is 3.22. The second-order valence-corrected chi connectivity index (χ2v) is 3.46. The largest absolute Gasteiger partial charge is 0.493 e. The Morgan fingerprint density at radius 1 is 1.28 bits per heavy atom. The van der Waals surface area contributed by atoms with Crippen LogP contribution in [0.2, 0.25) is 0 Å². The van der Waals surface area contributed by atoms with E-state index < -0.39 is 5.91 Å². The summed E-state index contributed by atoms with van der Waals surface area (Å²) in [5.74, 6) is -0.0718. The predicted octanol–water partition coefficient (Wildman–Crippen LogP) is 1.17. The first-order valence-electron chi connectivity index (χ1n) is 5.28. The lowest BCUT2D eigenvalue weighted by Gasteiger charge is -2.00. The van der Waals surface area contributed by atoms with Gasteiger partial charge in [-0.15, -0.1) is 0 Å². The Balaban J connectivity index is 2.38. The van der Waals surface area contributed by atoms with Gasteiger partial charge >= 0.3 is 0 Å². The number of rotatable bonds is 4. The van der Waals surface area contributed by atoms with Crippen molar-refractivity contribution in [3.8, 4) is 11.4 Å². The number of hydroxylamine groups is 1. The molecule has 0 fully saturated rings. The number of methoxy groups -OCH3 is 1. The average molecular weight is 247 g/mol. The van der Waals surface area contributed by atoms with Gasteiger partial charge in [-0.05, 0) is 12.1 Å². The van der Waals surface area contributed by atoms with E-state index in [1.54, 1.807) is 10.9 Å². The summed E-state index contributed by atoms with van der Waals surface area (Å²) in [6.07, 6.45) is 1.64. The third kappa shape index (κ3) is 2.33. The maximum Gasteiger partial charge on any atom is 0.299 e. The lowest BCUT2D eigenvalue weighted by atomic mass is 10.3. The zero-order chi connectivity index (χ0) is 13.0. The Bertz CT molecular complexity index is 537. The number of carbonyl (C=O) groups is 1. The second-order valence-electron chi connectivity index (χ2n) is 3.46. The Morgan fingerprint density at radius 2 is 2.00 bits per heavy atom. The minimum Gasteiger partial charge on any atom is -0.493 e. The SMILES string of the molecule is CONC(=O)c1nn(-c2ccccc2)cc1OC. The first kappa shape index (κ1) is 12.1. The molecule has 0 aliphatic carbocycles. The van der Waals surface area contributed by atoms with E-state index in [9.17, 15) is 4.79 Å². The first-order valence-corrected chi connectivity index (χ1v) is 5.28. The Hall–Kier alpha value is -2.34. The molecule has 2 aromatic rings. The molecule has 0 spiro atoms. The van der Waals surface area contributed by atoms with Crippen LogP contribution in [0.25, 0.3) is 5.69 Å². The van der Waals surface area contributed by atoms with Crippen molar-refractivity contribution in [3.63, 3.8) is 0 Å². The number of nitrogens with zero attached hydrogens (tertiary/aromatic N) is 2. The molecule has 0 aliphatic rings. The van der Waals surface area contributed by atoms with E-state index in [0.29, 0.717) is 5.75 Å². The molecule has 0 saturated heterocycles. The monoisotopic (exact) mass is 247 g/mol. The molecule has 18 heavy (non-hydrogen) atoms. The van der Waals surface area contributed by atoms with Gasteiger partial charge in [-0.3, -0.25) is 9.63 Å². The van der Waals surface area contributed by atoms with Gasteiger partial charge in [0.25, 0.3) is 5.91 Å². The van der Waals surface area contributed by atoms with E-state index in [2.05, 4.69) is 15.4 Å². The number of aromatic nitrogens is 2.